The summed E-state index contributed by atoms with van der Waals surface area (Å²) in [6.07, 6.45) is 0.936. The number of fused-ring (bicyclic) bond motifs is 1. The van der Waals surface area contributed by atoms with E-state index in [4.69, 9.17) is 14.2 Å². The van der Waals surface area contributed by atoms with Crippen molar-refractivity contribution in [2.24, 2.45) is 34.0 Å². The maximum atomic E-state index is 13.9. The van der Waals surface area contributed by atoms with Crippen LogP contribution in [-0.4, -0.2) is 58.8 Å². The molecule has 1 unspecified atom stereocenters. The van der Waals surface area contributed by atoms with Gasteiger partial charge in [-0.3, -0.25) is 9.59 Å². The largest absolute Gasteiger partial charge is 0.388 e. The second-order valence-electron chi connectivity index (χ2n) is 11.5. The average molecular weight is 430 g/mol. The van der Waals surface area contributed by atoms with E-state index in [0.717, 1.165) is 6.42 Å². The molecule has 0 aromatic rings. The molecule has 0 aromatic heterocycles. The predicted molar refractivity (Wildman–Crippen MR) is 107 cm³/mol. The molecule has 168 valence electrons. The van der Waals surface area contributed by atoms with Gasteiger partial charge in [0.2, 0.25) is 5.79 Å². The summed E-state index contributed by atoms with van der Waals surface area (Å²) in [4.78, 5) is 25.8. The maximum absolute atomic E-state index is 13.9. The smallest absolute Gasteiger partial charge is 0.209 e. The number of Topliss-reactive ketones (excluding diaryl/α,β-unsaturated/α-hetero) is 1. The lowest BCUT2D eigenvalue weighted by Crippen LogP contribution is -2.88. The van der Waals surface area contributed by atoms with Crippen LogP contribution in [0.4, 0.5) is 0 Å². The highest BCUT2D eigenvalue weighted by Gasteiger charge is 2.89. The van der Waals surface area contributed by atoms with E-state index in [1.54, 1.807) is 19.9 Å². The first-order valence-corrected chi connectivity index (χ1v) is 11.2. The zero-order chi connectivity index (χ0) is 22.4. The number of ether oxygens (including phenoxy) is 3. The van der Waals surface area contributed by atoms with Gasteiger partial charge in [-0.2, -0.15) is 0 Å². The van der Waals surface area contributed by atoms with E-state index >= 15 is 0 Å². The highest BCUT2D eigenvalue weighted by atomic mass is 16.8. The summed E-state index contributed by atoms with van der Waals surface area (Å²) in [7, 11) is 0. The summed E-state index contributed by atoms with van der Waals surface area (Å²) in [6.45, 7) is 11.7. The van der Waals surface area contributed by atoms with Gasteiger partial charge in [0, 0.05) is 11.8 Å². The first kappa shape index (κ1) is 20.2. The lowest BCUT2D eigenvalue weighted by atomic mass is 9.36. The molecule has 7 nitrogen and oxygen atoms in total. The Morgan fingerprint density at radius 1 is 1.19 bits per heavy atom. The van der Waals surface area contributed by atoms with Crippen molar-refractivity contribution in [1.82, 2.24) is 0 Å². The molecule has 31 heavy (non-hydrogen) atoms. The zero-order valence-corrected chi connectivity index (χ0v) is 18.4. The van der Waals surface area contributed by atoms with Crippen molar-refractivity contribution in [2.75, 3.05) is 6.61 Å². The van der Waals surface area contributed by atoms with Gasteiger partial charge in [-0.05, 0) is 43.6 Å². The Hall–Kier alpha value is -1.38. The fourth-order valence-corrected chi connectivity index (χ4v) is 8.82. The number of hydrogen-bond donors (Lipinski definition) is 2. The lowest BCUT2D eigenvalue weighted by Gasteiger charge is -2.77. The van der Waals surface area contributed by atoms with Crippen LogP contribution in [0.5, 0.6) is 0 Å². The highest BCUT2D eigenvalue weighted by Crippen LogP contribution is 2.79. The standard InChI is InChI=1S/C24H30O7/c1-11-13-6-7-14-22-10-29-24(23(14,16(11)26)19(13)30-21(4,5)31-24)18(28)15(22)20(2,3)8-12(9-25)17(22)27/h8-9,13-16,18-19,26,28H,1,6-7,10H2,2-5H3/t13-,14-,15+,16?,18-,19+,22-,23-,24-/m0/s1. The van der Waals surface area contributed by atoms with Crippen LogP contribution in [0.3, 0.4) is 0 Å². The summed E-state index contributed by atoms with van der Waals surface area (Å²) >= 11 is 0. The SMILES string of the molecule is C=C1C(O)[C@@]23[C@@H]4OC(C)(C)O[C@]25OC[C@]2(C(=O)C(C=O)=CC(C)(C)[C@H]2[C@@H]5O)[C@@H]3CC[C@@H]14. The summed E-state index contributed by atoms with van der Waals surface area (Å²) in [6, 6.07) is 0. The van der Waals surface area contributed by atoms with Crippen LogP contribution in [0.2, 0.25) is 0 Å². The second-order valence-corrected chi connectivity index (χ2v) is 11.5. The van der Waals surface area contributed by atoms with Crippen molar-refractivity contribution in [3.63, 3.8) is 0 Å². The first-order chi connectivity index (χ1) is 14.4. The Labute approximate surface area is 181 Å². The third-order valence-electron chi connectivity index (χ3n) is 9.42. The molecule has 3 spiro atoms. The Morgan fingerprint density at radius 3 is 2.58 bits per heavy atom. The Morgan fingerprint density at radius 2 is 1.90 bits per heavy atom. The molecule has 3 aliphatic heterocycles. The highest BCUT2D eigenvalue weighted by molar-refractivity contribution is 6.15. The third kappa shape index (κ3) is 1.82. The molecule has 7 heteroatoms. The fourth-order valence-electron chi connectivity index (χ4n) is 8.82. The topological polar surface area (TPSA) is 102 Å². The predicted octanol–water partition coefficient (Wildman–Crippen LogP) is 1.52. The monoisotopic (exact) mass is 430 g/mol. The van der Waals surface area contributed by atoms with Crippen molar-refractivity contribution in [1.29, 1.82) is 0 Å². The van der Waals surface area contributed by atoms with Gasteiger partial charge in [-0.15, -0.1) is 0 Å². The molecule has 3 saturated carbocycles. The molecule has 9 atom stereocenters. The van der Waals surface area contributed by atoms with E-state index in [-0.39, 0.29) is 29.8 Å². The molecule has 0 aromatic carbocycles. The van der Waals surface area contributed by atoms with Crippen molar-refractivity contribution >= 4 is 12.1 Å². The van der Waals surface area contributed by atoms with Gasteiger partial charge < -0.3 is 24.4 Å². The van der Waals surface area contributed by atoms with Gasteiger partial charge >= 0.3 is 0 Å². The van der Waals surface area contributed by atoms with Gasteiger partial charge in [-0.1, -0.05) is 26.5 Å². The van der Waals surface area contributed by atoms with Crippen LogP contribution in [0.25, 0.3) is 0 Å². The quantitative estimate of drug-likeness (QED) is 0.369. The molecule has 2 N–H and O–H groups in total. The van der Waals surface area contributed by atoms with E-state index in [1.807, 2.05) is 13.8 Å². The van der Waals surface area contributed by atoms with Gasteiger partial charge in [0.15, 0.2) is 17.9 Å². The number of aliphatic hydroxyl groups is 2. The van der Waals surface area contributed by atoms with Crippen LogP contribution in [-0.2, 0) is 23.8 Å². The summed E-state index contributed by atoms with van der Waals surface area (Å²) in [5.41, 5.74) is -2.18. The lowest BCUT2D eigenvalue weighted by molar-refractivity contribution is -0.537. The average Bonchev–Trinajstić information content (AvgIpc) is 2.80. The summed E-state index contributed by atoms with van der Waals surface area (Å²) in [5.74, 6) is -3.88. The molecule has 4 bridgehead atoms. The van der Waals surface area contributed by atoms with Gasteiger partial charge in [0.1, 0.15) is 6.10 Å². The van der Waals surface area contributed by atoms with Crippen LogP contribution < -0.4 is 0 Å². The molecular weight excluding hydrogens is 400 g/mol. The van der Waals surface area contributed by atoms with Crippen molar-refractivity contribution < 1.29 is 34.0 Å². The molecule has 3 saturated heterocycles. The third-order valence-corrected chi connectivity index (χ3v) is 9.42. The van der Waals surface area contributed by atoms with E-state index in [9.17, 15) is 19.8 Å². The Balaban J connectivity index is 1.70. The summed E-state index contributed by atoms with van der Waals surface area (Å²) in [5, 5.41) is 23.6. The van der Waals surface area contributed by atoms with Crippen LogP contribution in [0.1, 0.15) is 40.5 Å². The number of hydrogen-bond acceptors (Lipinski definition) is 7. The molecule has 3 heterocycles. The number of aliphatic hydroxyl groups excluding tert-OH is 2. The van der Waals surface area contributed by atoms with Crippen molar-refractivity contribution in [2.45, 2.75) is 70.4 Å². The van der Waals surface area contributed by atoms with Crippen molar-refractivity contribution in [3.05, 3.63) is 23.8 Å². The molecule has 7 rings (SSSR count). The van der Waals surface area contributed by atoms with Gasteiger partial charge in [0.05, 0.1) is 35.2 Å². The molecule has 7 aliphatic rings. The number of allylic oxidation sites excluding steroid dienone is 2. The zero-order valence-electron chi connectivity index (χ0n) is 18.4. The fraction of sp³-hybridized carbons (Fsp3) is 0.750. The molecule has 0 amide bonds. The molecule has 6 fully saturated rings. The number of rotatable bonds is 1. The number of ketones is 1. The van der Waals surface area contributed by atoms with Crippen LogP contribution in [0.15, 0.2) is 23.8 Å². The normalized spacial score (nSPS) is 55.4. The number of aldehydes is 1. The van der Waals surface area contributed by atoms with Gasteiger partial charge in [0.25, 0.3) is 0 Å². The minimum Gasteiger partial charge on any atom is -0.388 e. The van der Waals surface area contributed by atoms with E-state index in [2.05, 4.69) is 6.58 Å². The van der Waals surface area contributed by atoms with Crippen molar-refractivity contribution in [3.8, 4) is 0 Å². The molecule has 0 radical (unpaired) electrons. The second kappa shape index (κ2) is 5.39. The molecular formula is C24H30O7. The number of carbonyl (C=O) groups is 2. The minimum absolute atomic E-state index is 0.0429. The van der Waals surface area contributed by atoms with E-state index < -0.39 is 52.0 Å². The van der Waals surface area contributed by atoms with Crippen LogP contribution in [0, 0.1) is 34.0 Å². The Bertz CT molecular complexity index is 965. The van der Waals surface area contributed by atoms with E-state index in [1.165, 1.54) is 0 Å². The Kier molecular flexibility index (Phi) is 3.52. The van der Waals surface area contributed by atoms with Gasteiger partial charge in [-0.25, -0.2) is 0 Å². The van der Waals surface area contributed by atoms with Crippen LogP contribution >= 0.6 is 0 Å². The molecule has 4 aliphatic carbocycles. The first-order valence-electron chi connectivity index (χ1n) is 11.2. The maximum Gasteiger partial charge on any atom is 0.209 e. The minimum atomic E-state index is -1.53. The summed E-state index contributed by atoms with van der Waals surface area (Å²) < 4.78 is 19.3. The number of carbonyl (C=O) groups excluding carboxylic acids is 2. The van der Waals surface area contributed by atoms with E-state index in [0.29, 0.717) is 18.3 Å².